The maximum atomic E-state index is 12.6. The number of carbonyl (C=O) groups is 1. The summed E-state index contributed by atoms with van der Waals surface area (Å²) in [7, 11) is 1.57. The fraction of sp³-hybridized carbons (Fsp3) is 0.222. The molecule has 0 spiro atoms. The second-order valence-corrected chi connectivity index (χ2v) is 6.92. The fourth-order valence-corrected chi connectivity index (χ4v) is 3.20. The third kappa shape index (κ3) is 3.85. The van der Waals surface area contributed by atoms with Gasteiger partial charge in [-0.1, -0.05) is 42.1 Å². The highest BCUT2D eigenvalue weighted by molar-refractivity contribution is 8.00. The molecule has 7 nitrogen and oxygen atoms in total. The van der Waals surface area contributed by atoms with E-state index in [4.69, 9.17) is 4.74 Å². The number of ether oxygens (including phenoxy) is 1. The second kappa shape index (κ2) is 8.01. The van der Waals surface area contributed by atoms with Crippen LogP contribution in [0.1, 0.15) is 12.5 Å². The van der Waals surface area contributed by atoms with Crippen LogP contribution in [0.5, 0.6) is 5.75 Å². The molecule has 0 bridgehead atoms. The fourth-order valence-electron chi connectivity index (χ4n) is 2.40. The third-order valence-electron chi connectivity index (χ3n) is 3.80. The summed E-state index contributed by atoms with van der Waals surface area (Å²) in [6.45, 7) is 3.80. The van der Waals surface area contributed by atoms with Crippen LogP contribution in [0.25, 0.3) is 5.69 Å². The van der Waals surface area contributed by atoms with E-state index in [1.807, 2.05) is 50.2 Å². The number of hydrogen-bond donors (Lipinski definition) is 1. The number of rotatable bonds is 6. The number of thioether (sulfide) groups is 1. The molecule has 3 rings (SSSR count). The Morgan fingerprint density at radius 1 is 1.19 bits per heavy atom. The van der Waals surface area contributed by atoms with Gasteiger partial charge in [0.05, 0.1) is 23.7 Å². The molecule has 134 valence electrons. The van der Waals surface area contributed by atoms with Crippen molar-refractivity contribution in [2.75, 3.05) is 12.4 Å². The second-order valence-electron chi connectivity index (χ2n) is 5.61. The predicted molar refractivity (Wildman–Crippen MR) is 101 cm³/mol. The Labute approximate surface area is 155 Å². The maximum absolute atomic E-state index is 12.6. The molecule has 0 radical (unpaired) electrons. The van der Waals surface area contributed by atoms with Crippen molar-refractivity contribution in [1.29, 1.82) is 0 Å². The van der Waals surface area contributed by atoms with Gasteiger partial charge >= 0.3 is 0 Å². The van der Waals surface area contributed by atoms with Gasteiger partial charge in [0.2, 0.25) is 11.1 Å². The monoisotopic (exact) mass is 369 g/mol. The molecule has 1 N–H and O–H groups in total. The molecule has 3 aromatic rings. The molecule has 1 aromatic heterocycles. The van der Waals surface area contributed by atoms with Crippen LogP contribution in [0.3, 0.4) is 0 Å². The van der Waals surface area contributed by atoms with Gasteiger partial charge in [0.25, 0.3) is 0 Å². The normalized spacial score (nSPS) is 11.8. The zero-order valence-electron chi connectivity index (χ0n) is 14.7. The van der Waals surface area contributed by atoms with Crippen molar-refractivity contribution >= 4 is 23.4 Å². The van der Waals surface area contributed by atoms with Crippen molar-refractivity contribution in [3.8, 4) is 11.4 Å². The number of nitrogens with zero attached hydrogens (tertiary/aromatic N) is 4. The van der Waals surface area contributed by atoms with E-state index in [1.54, 1.807) is 23.9 Å². The number of aromatic nitrogens is 4. The third-order valence-corrected chi connectivity index (χ3v) is 4.83. The Morgan fingerprint density at radius 3 is 2.69 bits per heavy atom. The van der Waals surface area contributed by atoms with E-state index in [0.29, 0.717) is 16.6 Å². The van der Waals surface area contributed by atoms with Crippen LogP contribution in [0, 0.1) is 6.92 Å². The van der Waals surface area contributed by atoms with Crippen molar-refractivity contribution in [2.45, 2.75) is 24.3 Å². The number of anilines is 1. The molecule has 0 aliphatic carbocycles. The van der Waals surface area contributed by atoms with Gasteiger partial charge in [0.1, 0.15) is 5.75 Å². The predicted octanol–water partition coefficient (Wildman–Crippen LogP) is 3.10. The summed E-state index contributed by atoms with van der Waals surface area (Å²) in [4.78, 5) is 12.6. The van der Waals surface area contributed by atoms with Crippen molar-refractivity contribution in [2.24, 2.45) is 0 Å². The number of benzene rings is 2. The SMILES string of the molecule is COc1ccccc1NC(=O)[C@@H](C)Sc1nnnn1-c1ccccc1C. The van der Waals surface area contributed by atoms with Crippen LogP contribution in [0.2, 0.25) is 0 Å². The van der Waals surface area contributed by atoms with Crippen LogP contribution in [-0.2, 0) is 4.79 Å². The van der Waals surface area contributed by atoms with E-state index in [2.05, 4.69) is 20.8 Å². The van der Waals surface area contributed by atoms with E-state index >= 15 is 0 Å². The largest absolute Gasteiger partial charge is 0.495 e. The van der Waals surface area contributed by atoms with Crippen LogP contribution in [0.4, 0.5) is 5.69 Å². The highest BCUT2D eigenvalue weighted by Crippen LogP contribution is 2.27. The Bertz CT molecular complexity index is 912. The maximum Gasteiger partial charge on any atom is 0.237 e. The van der Waals surface area contributed by atoms with E-state index in [0.717, 1.165) is 11.3 Å². The van der Waals surface area contributed by atoms with Gasteiger partial charge in [-0.05, 0) is 48.0 Å². The van der Waals surface area contributed by atoms with Crippen molar-refractivity contribution in [3.05, 3.63) is 54.1 Å². The number of carbonyl (C=O) groups excluding carboxylic acids is 1. The van der Waals surface area contributed by atoms with Crippen LogP contribution < -0.4 is 10.1 Å². The Hall–Kier alpha value is -2.87. The highest BCUT2D eigenvalue weighted by Gasteiger charge is 2.20. The molecule has 1 heterocycles. The first-order valence-electron chi connectivity index (χ1n) is 8.05. The van der Waals surface area contributed by atoms with E-state index < -0.39 is 5.25 Å². The van der Waals surface area contributed by atoms with Gasteiger partial charge in [-0.3, -0.25) is 4.79 Å². The number of aryl methyl sites for hydroxylation is 1. The first-order chi connectivity index (χ1) is 12.6. The molecule has 0 unspecified atom stereocenters. The zero-order valence-corrected chi connectivity index (χ0v) is 15.5. The van der Waals surface area contributed by atoms with Gasteiger partial charge in [-0.25, -0.2) is 0 Å². The molecule has 0 aliphatic heterocycles. The lowest BCUT2D eigenvalue weighted by Crippen LogP contribution is -2.23. The Balaban J connectivity index is 1.75. The standard InChI is InChI=1S/C18H19N5O2S/c1-12-8-4-6-10-15(12)23-18(20-21-22-23)26-13(2)17(24)19-14-9-5-7-11-16(14)25-3/h4-11,13H,1-3H3,(H,19,24)/t13-/m1/s1. The number of para-hydroxylation sites is 3. The summed E-state index contributed by atoms with van der Waals surface area (Å²) in [6, 6.07) is 15.1. The van der Waals surface area contributed by atoms with Gasteiger partial charge < -0.3 is 10.1 Å². The molecular weight excluding hydrogens is 350 g/mol. The van der Waals surface area contributed by atoms with Crippen LogP contribution >= 0.6 is 11.8 Å². The summed E-state index contributed by atoms with van der Waals surface area (Å²) in [5, 5.41) is 14.9. The molecule has 0 aliphatic rings. The smallest absolute Gasteiger partial charge is 0.237 e. The van der Waals surface area contributed by atoms with Crippen LogP contribution in [0.15, 0.2) is 53.7 Å². The molecule has 0 saturated heterocycles. The number of amides is 1. The zero-order chi connectivity index (χ0) is 18.5. The lowest BCUT2D eigenvalue weighted by atomic mass is 10.2. The number of hydrogen-bond acceptors (Lipinski definition) is 6. The van der Waals surface area contributed by atoms with Crippen LogP contribution in [-0.4, -0.2) is 38.5 Å². The summed E-state index contributed by atoms with van der Waals surface area (Å²) < 4.78 is 6.91. The Morgan fingerprint density at radius 2 is 1.92 bits per heavy atom. The molecule has 1 atom stereocenters. The van der Waals surface area contributed by atoms with E-state index in [9.17, 15) is 4.79 Å². The van der Waals surface area contributed by atoms with Gasteiger partial charge in [0, 0.05) is 0 Å². The van der Waals surface area contributed by atoms with Crippen molar-refractivity contribution in [1.82, 2.24) is 20.2 Å². The summed E-state index contributed by atoms with van der Waals surface area (Å²) >= 11 is 1.30. The van der Waals surface area contributed by atoms with Gasteiger partial charge in [0.15, 0.2) is 0 Å². The lowest BCUT2D eigenvalue weighted by Gasteiger charge is -2.14. The highest BCUT2D eigenvalue weighted by atomic mass is 32.2. The molecule has 8 heteroatoms. The Kier molecular flexibility index (Phi) is 5.52. The first kappa shape index (κ1) is 17.9. The summed E-state index contributed by atoms with van der Waals surface area (Å²) in [5.41, 5.74) is 2.57. The van der Waals surface area contributed by atoms with E-state index in [-0.39, 0.29) is 5.91 Å². The summed E-state index contributed by atoms with van der Waals surface area (Å²) in [5.74, 6) is 0.460. The van der Waals surface area contributed by atoms with Crippen molar-refractivity contribution < 1.29 is 9.53 Å². The number of tetrazole rings is 1. The first-order valence-corrected chi connectivity index (χ1v) is 8.93. The molecule has 1 amide bonds. The molecular formula is C18H19N5O2S. The minimum absolute atomic E-state index is 0.154. The minimum atomic E-state index is -0.395. The molecule has 0 saturated carbocycles. The lowest BCUT2D eigenvalue weighted by molar-refractivity contribution is -0.115. The molecule has 2 aromatic carbocycles. The summed E-state index contributed by atoms with van der Waals surface area (Å²) in [6.07, 6.45) is 0. The van der Waals surface area contributed by atoms with Crippen molar-refractivity contribution in [3.63, 3.8) is 0 Å². The van der Waals surface area contributed by atoms with Gasteiger partial charge in [-0.2, -0.15) is 4.68 Å². The van der Waals surface area contributed by atoms with Gasteiger partial charge in [-0.15, -0.1) is 5.10 Å². The number of nitrogens with one attached hydrogen (secondary N) is 1. The molecule has 0 fully saturated rings. The number of methoxy groups -OCH3 is 1. The average Bonchev–Trinajstić information content (AvgIpc) is 3.10. The molecule has 26 heavy (non-hydrogen) atoms. The topological polar surface area (TPSA) is 81.9 Å². The minimum Gasteiger partial charge on any atom is -0.495 e. The average molecular weight is 369 g/mol. The van der Waals surface area contributed by atoms with E-state index in [1.165, 1.54) is 11.8 Å². The quantitative estimate of drug-likeness (QED) is 0.673.